The van der Waals surface area contributed by atoms with Crippen LogP contribution in [0.2, 0.25) is 0 Å². The minimum Gasteiger partial charge on any atom is -0.504 e. The van der Waals surface area contributed by atoms with Gasteiger partial charge < -0.3 is 14.3 Å². The van der Waals surface area contributed by atoms with Gasteiger partial charge in [-0.15, -0.1) is 0 Å². The molecule has 0 amide bonds. The van der Waals surface area contributed by atoms with E-state index in [9.17, 15) is 5.11 Å². The molecular formula is C15H11BrO3. The van der Waals surface area contributed by atoms with E-state index in [1.807, 2.05) is 24.3 Å². The fraction of sp³-hybridized carbons (Fsp3) is 0.0667. The lowest BCUT2D eigenvalue weighted by Crippen LogP contribution is -1.94. The molecule has 3 aromatic rings. The predicted molar refractivity (Wildman–Crippen MR) is 76.4 cm³/mol. The quantitative estimate of drug-likeness (QED) is 0.774. The van der Waals surface area contributed by atoms with Gasteiger partial charge in [-0.05, 0) is 34.1 Å². The van der Waals surface area contributed by atoms with Gasteiger partial charge in [-0.3, -0.25) is 0 Å². The van der Waals surface area contributed by atoms with Crippen molar-refractivity contribution in [3.63, 3.8) is 0 Å². The maximum atomic E-state index is 9.64. The summed E-state index contributed by atoms with van der Waals surface area (Å²) < 4.78 is 12.0. The van der Waals surface area contributed by atoms with Gasteiger partial charge in [0.25, 0.3) is 0 Å². The Morgan fingerprint density at radius 1 is 1.11 bits per heavy atom. The van der Waals surface area contributed by atoms with Crippen molar-refractivity contribution >= 4 is 26.9 Å². The van der Waals surface area contributed by atoms with Crippen molar-refractivity contribution in [2.45, 2.75) is 6.61 Å². The number of furan rings is 1. The van der Waals surface area contributed by atoms with Gasteiger partial charge >= 0.3 is 0 Å². The first-order valence-corrected chi connectivity index (χ1v) is 6.60. The number of hydrogen-bond donors (Lipinski definition) is 1. The van der Waals surface area contributed by atoms with Crippen LogP contribution in [0.25, 0.3) is 11.0 Å². The first kappa shape index (κ1) is 12.1. The largest absolute Gasteiger partial charge is 0.504 e. The molecule has 1 heterocycles. The monoisotopic (exact) mass is 318 g/mol. The highest BCUT2D eigenvalue weighted by atomic mass is 79.9. The Morgan fingerprint density at radius 2 is 1.95 bits per heavy atom. The molecule has 1 N–H and O–H groups in total. The standard InChI is InChI=1S/C15H11BrO3/c16-12-5-3-4-11-10(9-19-15(11)12)8-18-14-7-2-1-6-13(14)17/h1-7,9,17H,8H2. The van der Waals surface area contributed by atoms with Crippen LogP contribution in [0.3, 0.4) is 0 Å². The van der Waals surface area contributed by atoms with Crippen LogP contribution in [0.1, 0.15) is 5.56 Å². The molecule has 0 aliphatic rings. The van der Waals surface area contributed by atoms with Crippen LogP contribution >= 0.6 is 15.9 Å². The molecule has 0 radical (unpaired) electrons. The zero-order chi connectivity index (χ0) is 13.2. The molecule has 3 nitrogen and oxygen atoms in total. The third-order valence-electron chi connectivity index (χ3n) is 2.88. The van der Waals surface area contributed by atoms with E-state index in [2.05, 4.69) is 15.9 Å². The summed E-state index contributed by atoms with van der Waals surface area (Å²) in [7, 11) is 0. The van der Waals surface area contributed by atoms with Gasteiger partial charge in [-0.2, -0.15) is 0 Å². The van der Waals surface area contributed by atoms with E-state index in [0.717, 1.165) is 21.0 Å². The third kappa shape index (κ3) is 2.31. The molecule has 2 aromatic carbocycles. The minimum absolute atomic E-state index is 0.136. The van der Waals surface area contributed by atoms with Crippen molar-refractivity contribution in [3.05, 3.63) is 58.8 Å². The van der Waals surface area contributed by atoms with Crippen LogP contribution < -0.4 is 4.74 Å². The van der Waals surface area contributed by atoms with Crippen molar-refractivity contribution in [3.8, 4) is 11.5 Å². The first-order valence-electron chi connectivity index (χ1n) is 5.81. The topological polar surface area (TPSA) is 42.6 Å². The maximum Gasteiger partial charge on any atom is 0.161 e. The zero-order valence-electron chi connectivity index (χ0n) is 9.97. The number of benzene rings is 2. The molecule has 19 heavy (non-hydrogen) atoms. The Hall–Kier alpha value is -1.94. The highest BCUT2D eigenvalue weighted by Crippen LogP contribution is 2.30. The van der Waals surface area contributed by atoms with E-state index in [1.165, 1.54) is 0 Å². The van der Waals surface area contributed by atoms with Gasteiger partial charge in [0, 0.05) is 10.9 Å². The van der Waals surface area contributed by atoms with Crippen LogP contribution in [0.4, 0.5) is 0 Å². The fourth-order valence-electron chi connectivity index (χ4n) is 1.92. The second kappa shape index (κ2) is 4.97. The molecular weight excluding hydrogens is 308 g/mol. The summed E-state index contributed by atoms with van der Waals surface area (Å²) in [4.78, 5) is 0. The van der Waals surface area contributed by atoms with Gasteiger partial charge in [0.15, 0.2) is 11.5 Å². The molecule has 0 aliphatic carbocycles. The second-order valence-electron chi connectivity index (χ2n) is 4.13. The first-order chi connectivity index (χ1) is 9.25. The Morgan fingerprint density at radius 3 is 2.79 bits per heavy atom. The van der Waals surface area contributed by atoms with Crippen molar-refractivity contribution in [2.24, 2.45) is 0 Å². The molecule has 0 aliphatic heterocycles. The number of para-hydroxylation sites is 3. The van der Waals surface area contributed by atoms with Crippen LogP contribution in [0.15, 0.2) is 57.6 Å². The summed E-state index contributed by atoms with van der Waals surface area (Å²) in [5, 5.41) is 10.6. The Bertz CT molecular complexity index is 718. The van der Waals surface area contributed by atoms with Crippen molar-refractivity contribution in [1.82, 2.24) is 0 Å². The van der Waals surface area contributed by atoms with E-state index < -0.39 is 0 Å². The Balaban J connectivity index is 1.87. The molecule has 0 saturated carbocycles. The maximum absolute atomic E-state index is 9.64. The van der Waals surface area contributed by atoms with E-state index in [0.29, 0.717) is 12.4 Å². The van der Waals surface area contributed by atoms with Gasteiger partial charge in [0.05, 0.1) is 10.7 Å². The SMILES string of the molecule is Oc1ccccc1OCc1coc2c(Br)cccc12. The average molecular weight is 319 g/mol. The molecule has 4 heteroatoms. The Kier molecular flexibility index (Phi) is 3.17. The number of rotatable bonds is 3. The van der Waals surface area contributed by atoms with E-state index in [1.54, 1.807) is 24.5 Å². The number of aromatic hydroxyl groups is 1. The van der Waals surface area contributed by atoms with Crippen molar-refractivity contribution in [2.75, 3.05) is 0 Å². The summed E-state index contributed by atoms with van der Waals surface area (Å²) >= 11 is 3.44. The van der Waals surface area contributed by atoms with Crippen molar-refractivity contribution < 1.29 is 14.3 Å². The van der Waals surface area contributed by atoms with Crippen LogP contribution in [-0.2, 0) is 6.61 Å². The number of phenols is 1. The highest BCUT2D eigenvalue weighted by Gasteiger charge is 2.09. The summed E-state index contributed by atoms with van der Waals surface area (Å²) in [5.74, 6) is 0.600. The van der Waals surface area contributed by atoms with Crippen LogP contribution in [0.5, 0.6) is 11.5 Å². The highest BCUT2D eigenvalue weighted by molar-refractivity contribution is 9.10. The predicted octanol–water partition coefficient (Wildman–Crippen LogP) is 4.48. The molecule has 0 atom stereocenters. The van der Waals surface area contributed by atoms with Crippen LogP contribution in [0, 0.1) is 0 Å². The minimum atomic E-state index is 0.136. The number of ether oxygens (including phenoxy) is 1. The Labute approximate surface area is 118 Å². The lowest BCUT2D eigenvalue weighted by atomic mass is 10.2. The smallest absolute Gasteiger partial charge is 0.161 e. The normalized spacial score (nSPS) is 10.8. The summed E-state index contributed by atoms with van der Waals surface area (Å²) in [5.41, 5.74) is 1.75. The molecule has 0 bridgehead atoms. The van der Waals surface area contributed by atoms with E-state index in [-0.39, 0.29) is 5.75 Å². The fourth-order valence-corrected chi connectivity index (χ4v) is 2.38. The number of halogens is 1. The molecule has 3 rings (SSSR count). The van der Waals surface area contributed by atoms with Gasteiger partial charge in [-0.1, -0.05) is 24.3 Å². The lowest BCUT2D eigenvalue weighted by molar-refractivity contribution is 0.289. The number of hydrogen-bond acceptors (Lipinski definition) is 3. The number of phenolic OH excluding ortho intramolecular Hbond substituents is 1. The molecule has 0 unspecified atom stereocenters. The van der Waals surface area contributed by atoms with E-state index in [4.69, 9.17) is 9.15 Å². The lowest BCUT2D eigenvalue weighted by Gasteiger charge is -2.06. The second-order valence-corrected chi connectivity index (χ2v) is 4.99. The summed E-state index contributed by atoms with van der Waals surface area (Å²) in [6.07, 6.45) is 1.68. The summed E-state index contributed by atoms with van der Waals surface area (Å²) in [6.45, 7) is 0.348. The van der Waals surface area contributed by atoms with Gasteiger partial charge in [0.2, 0.25) is 0 Å². The summed E-state index contributed by atoms with van der Waals surface area (Å²) in [6, 6.07) is 12.8. The van der Waals surface area contributed by atoms with Gasteiger partial charge in [-0.25, -0.2) is 0 Å². The van der Waals surface area contributed by atoms with Gasteiger partial charge in [0.1, 0.15) is 12.2 Å². The molecule has 0 spiro atoms. The average Bonchev–Trinajstić information content (AvgIpc) is 2.83. The molecule has 0 fully saturated rings. The van der Waals surface area contributed by atoms with Crippen LogP contribution in [-0.4, -0.2) is 5.11 Å². The van der Waals surface area contributed by atoms with E-state index >= 15 is 0 Å². The molecule has 0 saturated heterocycles. The molecule has 96 valence electrons. The third-order valence-corrected chi connectivity index (χ3v) is 3.50. The number of fused-ring (bicyclic) bond motifs is 1. The zero-order valence-corrected chi connectivity index (χ0v) is 11.6. The van der Waals surface area contributed by atoms with Crippen molar-refractivity contribution in [1.29, 1.82) is 0 Å². The molecule has 1 aromatic heterocycles.